The van der Waals surface area contributed by atoms with Gasteiger partial charge in [-0.25, -0.2) is 0 Å². The van der Waals surface area contributed by atoms with Crippen molar-refractivity contribution in [1.82, 2.24) is 10.2 Å². The number of rotatable bonds is 2. The molecule has 0 amide bonds. The quantitative estimate of drug-likeness (QED) is 0.886. The fourth-order valence-electron chi connectivity index (χ4n) is 5.03. The predicted octanol–water partition coefficient (Wildman–Crippen LogP) is 3.89. The molecule has 0 aromatic heterocycles. The van der Waals surface area contributed by atoms with Crippen LogP contribution in [0.15, 0.2) is 30.3 Å². The van der Waals surface area contributed by atoms with Gasteiger partial charge in [-0.05, 0) is 31.2 Å². The highest BCUT2D eigenvalue weighted by atomic mass is 15.3. The number of hydrogen-bond donors (Lipinski definition) is 1. The molecule has 1 aliphatic heterocycles. The number of nitrogens with zero attached hydrogens (tertiary/aromatic N) is 1. The molecule has 21 heavy (non-hydrogen) atoms. The van der Waals surface area contributed by atoms with E-state index in [1.807, 2.05) is 0 Å². The Morgan fingerprint density at radius 1 is 0.952 bits per heavy atom. The van der Waals surface area contributed by atoms with E-state index in [1.165, 1.54) is 70.0 Å². The Labute approximate surface area is 128 Å². The molecule has 1 unspecified atom stereocenters. The molecule has 1 saturated heterocycles. The predicted molar refractivity (Wildman–Crippen MR) is 87.3 cm³/mol. The maximum absolute atomic E-state index is 3.88. The topological polar surface area (TPSA) is 15.3 Å². The highest BCUT2D eigenvalue weighted by molar-refractivity contribution is 5.21. The highest BCUT2D eigenvalue weighted by Crippen LogP contribution is 2.42. The van der Waals surface area contributed by atoms with Gasteiger partial charge in [0.1, 0.15) is 0 Å². The van der Waals surface area contributed by atoms with Crippen molar-refractivity contribution in [3.05, 3.63) is 35.9 Å². The van der Waals surface area contributed by atoms with Crippen molar-refractivity contribution in [2.45, 2.75) is 69.0 Å². The number of hydrogen-bond acceptors (Lipinski definition) is 2. The van der Waals surface area contributed by atoms with Crippen molar-refractivity contribution in [1.29, 1.82) is 0 Å². The van der Waals surface area contributed by atoms with E-state index in [0.29, 0.717) is 11.6 Å². The Morgan fingerprint density at radius 3 is 2.38 bits per heavy atom. The van der Waals surface area contributed by atoms with Crippen molar-refractivity contribution in [3.63, 3.8) is 0 Å². The largest absolute Gasteiger partial charge is 0.307 e. The lowest BCUT2D eigenvalue weighted by molar-refractivity contribution is 0.00640. The Hall–Kier alpha value is -0.860. The first-order chi connectivity index (χ1) is 10.4. The fourth-order valence-corrected chi connectivity index (χ4v) is 5.03. The van der Waals surface area contributed by atoms with Crippen LogP contribution in [0, 0.1) is 0 Å². The van der Waals surface area contributed by atoms with Crippen LogP contribution in [0.4, 0.5) is 0 Å². The Bertz CT molecular complexity index is 458. The minimum absolute atomic E-state index is 0.486. The average Bonchev–Trinajstić information content (AvgIpc) is 3.21. The zero-order valence-corrected chi connectivity index (χ0v) is 13.1. The van der Waals surface area contributed by atoms with Crippen LogP contribution in [0.5, 0.6) is 0 Å². The number of nitrogens with one attached hydrogen (secondary N) is 1. The summed E-state index contributed by atoms with van der Waals surface area (Å²) >= 11 is 0. The second-order valence-electron chi connectivity index (χ2n) is 7.37. The molecule has 2 heteroatoms. The average molecular weight is 284 g/mol. The third-order valence-electron chi connectivity index (χ3n) is 6.17. The zero-order chi connectivity index (χ0) is 14.1. The molecule has 2 aliphatic carbocycles. The monoisotopic (exact) mass is 284 g/mol. The minimum atomic E-state index is 0.486. The van der Waals surface area contributed by atoms with Crippen LogP contribution in [0.25, 0.3) is 0 Å². The van der Waals surface area contributed by atoms with Crippen LogP contribution in [-0.2, 0) is 0 Å². The molecule has 0 bridgehead atoms. The first-order valence-electron chi connectivity index (χ1n) is 8.93. The minimum Gasteiger partial charge on any atom is -0.307 e. The number of benzene rings is 1. The van der Waals surface area contributed by atoms with E-state index in [0.717, 1.165) is 6.04 Å². The second-order valence-corrected chi connectivity index (χ2v) is 7.37. The summed E-state index contributed by atoms with van der Waals surface area (Å²) in [5.74, 6) is 0. The zero-order valence-electron chi connectivity index (χ0n) is 13.1. The van der Waals surface area contributed by atoms with Gasteiger partial charge in [-0.1, -0.05) is 56.0 Å². The lowest BCUT2D eigenvalue weighted by Crippen LogP contribution is -2.63. The summed E-state index contributed by atoms with van der Waals surface area (Å²) < 4.78 is 0. The summed E-state index contributed by atoms with van der Waals surface area (Å²) in [4.78, 5) is 2.95. The lowest BCUT2D eigenvalue weighted by atomic mass is 9.87. The van der Waals surface area contributed by atoms with E-state index in [-0.39, 0.29) is 0 Å². The van der Waals surface area contributed by atoms with Crippen LogP contribution in [0.2, 0.25) is 0 Å². The SMILES string of the molecule is c1ccc(C2CN(C3CCCC3)C3(CCCC3)CN2)cc1. The van der Waals surface area contributed by atoms with E-state index in [2.05, 4.69) is 40.5 Å². The highest BCUT2D eigenvalue weighted by Gasteiger charge is 2.46. The molecular formula is C19H28N2. The van der Waals surface area contributed by atoms with Gasteiger partial charge in [0.15, 0.2) is 0 Å². The molecule has 0 radical (unpaired) electrons. The molecule has 3 aliphatic rings. The third-order valence-corrected chi connectivity index (χ3v) is 6.17. The molecular weight excluding hydrogens is 256 g/mol. The van der Waals surface area contributed by atoms with Crippen molar-refractivity contribution in [2.75, 3.05) is 13.1 Å². The van der Waals surface area contributed by atoms with Crippen molar-refractivity contribution >= 4 is 0 Å². The molecule has 2 nitrogen and oxygen atoms in total. The second kappa shape index (κ2) is 5.73. The van der Waals surface area contributed by atoms with Crippen molar-refractivity contribution in [2.24, 2.45) is 0 Å². The molecule has 1 aromatic rings. The maximum Gasteiger partial charge on any atom is 0.0450 e. The van der Waals surface area contributed by atoms with Gasteiger partial charge in [-0.3, -0.25) is 4.90 Å². The summed E-state index contributed by atoms with van der Waals surface area (Å²) in [6.45, 7) is 2.41. The normalized spacial score (nSPS) is 30.2. The first-order valence-corrected chi connectivity index (χ1v) is 8.93. The summed E-state index contributed by atoms with van der Waals surface area (Å²) in [6, 6.07) is 12.4. The van der Waals surface area contributed by atoms with Gasteiger partial charge in [0.05, 0.1) is 0 Å². The van der Waals surface area contributed by atoms with Gasteiger partial charge >= 0.3 is 0 Å². The van der Waals surface area contributed by atoms with E-state index < -0.39 is 0 Å². The van der Waals surface area contributed by atoms with Crippen LogP contribution in [0.3, 0.4) is 0 Å². The Morgan fingerprint density at radius 2 is 1.67 bits per heavy atom. The van der Waals surface area contributed by atoms with Gasteiger partial charge in [0.25, 0.3) is 0 Å². The van der Waals surface area contributed by atoms with E-state index >= 15 is 0 Å². The Kier molecular flexibility index (Phi) is 3.76. The first kappa shape index (κ1) is 13.8. The molecule has 1 heterocycles. The maximum atomic E-state index is 3.88. The van der Waals surface area contributed by atoms with Gasteiger partial charge in [0.2, 0.25) is 0 Å². The molecule has 4 rings (SSSR count). The van der Waals surface area contributed by atoms with E-state index in [9.17, 15) is 0 Å². The summed E-state index contributed by atoms with van der Waals surface area (Å²) in [5.41, 5.74) is 1.95. The van der Waals surface area contributed by atoms with E-state index in [1.54, 1.807) is 0 Å². The number of piperazine rings is 1. The van der Waals surface area contributed by atoms with Crippen LogP contribution in [-0.4, -0.2) is 29.6 Å². The van der Waals surface area contributed by atoms with Crippen molar-refractivity contribution in [3.8, 4) is 0 Å². The molecule has 3 fully saturated rings. The van der Waals surface area contributed by atoms with Crippen LogP contribution >= 0.6 is 0 Å². The fraction of sp³-hybridized carbons (Fsp3) is 0.684. The lowest BCUT2D eigenvalue weighted by Gasteiger charge is -2.51. The van der Waals surface area contributed by atoms with E-state index in [4.69, 9.17) is 0 Å². The third kappa shape index (κ3) is 2.53. The van der Waals surface area contributed by atoms with Gasteiger partial charge in [0, 0.05) is 30.7 Å². The summed E-state index contributed by atoms with van der Waals surface area (Å²) in [6.07, 6.45) is 11.5. The molecule has 1 aromatic carbocycles. The van der Waals surface area contributed by atoms with Crippen molar-refractivity contribution < 1.29 is 0 Å². The molecule has 1 N–H and O–H groups in total. The smallest absolute Gasteiger partial charge is 0.0450 e. The molecule has 1 spiro atoms. The van der Waals surface area contributed by atoms with Crippen LogP contribution in [0.1, 0.15) is 63.0 Å². The molecule has 2 saturated carbocycles. The molecule has 114 valence electrons. The summed E-state index contributed by atoms with van der Waals surface area (Å²) in [7, 11) is 0. The van der Waals surface area contributed by atoms with Crippen LogP contribution < -0.4 is 5.32 Å². The van der Waals surface area contributed by atoms with Gasteiger partial charge < -0.3 is 5.32 Å². The van der Waals surface area contributed by atoms with Gasteiger partial charge in [-0.15, -0.1) is 0 Å². The Balaban J connectivity index is 1.58. The standard InChI is InChI=1S/C19H28N2/c1-2-8-16(9-3-1)18-14-21(17-10-4-5-11-17)19(15-20-18)12-6-7-13-19/h1-3,8-9,17-18,20H,4-7,10-15H2. The summed E-state index contributed by atoms with van der Waals surface area (Å²) in [5, 5.41) is 3.88. The molecule has 1 atom stereocenters. The van der Waals surface area contributed by atoms with Gasteiger partial charge in [-0.2, -0.15) is 0 Å².